The summed E-state index contributed by atoms with van der Waals surface area (Å²) in [6.45, 7) is 5.40. The zero-order valence-electron chi connectivity index (χ0n) is 16.6. The molecular formula is C22H24FN3O3. The molecule has 1 aliphatic heterocycles. The summed E-state index contributed by atoms with van der Waals surface area (Å²) < 4.78 is 13.7. The van der Waals surface area contributed by atoms with Crippen molar-refractivity contribution in [3.8, 4) is 0 Å². The van der Waals surface area contributed by atoms with Gasteiger partial charge in [0.25, 0.3) is 5.91 Å². The minimum absolute atomic E-state index is 0.0599. The zero-order valence-corrected chi connectivity index (χ0v) is 16.6. The lowest BCUT2D eigenvalue weighted by atomic mass is 10.1. The predicted molar refractivity (Wildman–Crippen MR) is 109 cm³/mol. The maximum absolute atomic E-state index is 13.7. The van der Waals surface area contributed by atoms with E-state index in [1.165, 1.54) is 13.0 Å². The number of amides is 2. The van der Waals surface area contributed by atoms with Crippen molar-refractivity contribution in [1.29, 1.82) is 0 Å². The van der Waals surface area contributed by atoms with Gasteiger partial charge in [-0.25, -0.2) is 4.39 Å². The topological polar surface area (TPSA) is 69.7 Å². The van der Waals surface area contributed by atoms with E-state index in [1.54, 1.807) is 48.2 Å². The number of ketones is 1. The van der Waals surface area contributed by atoms with Gasteiger partial charge in [-0.15, -0.1) is 0 Å². The summed E-state index contributed by atoms with van der Waals surface area (Å²) in [5, 5.41) is 2.80. The monoisotopic (exact) mass is 397 g/mol. The summed E-state index contributed by atoms with van der Waals surface area (Å²) in [4.78, 5) is 39.9. The van der Waals surface area contributed by atoms with Gasteiger partial charge >= 0.3 is 0 Å². The molecule has 0 aromatic heterocycles. The fraction of sp³-hybridized carbons (Fsp3) is 0.318. The Kier molecular flexibility index (Phi) is 6.39. The van der Waals surface area contributed by atoms with Crippen LogP contribution in [0.25, 0.3) is 0 Å². The van der Waals surface area contributed by atoms with Gasteiger partial charge in [0, 0.05) is 43.0 Å². The number of Topliss-reactive ketones (excluding diaryl/α,β-unsaturated/α-hetero) is 1. The molecule has 0 spiro atoms. The lowest BCUT2D eigenvalue weighted by Gasteiger charge is -2.34. The van der Waals surface area contributed by atoms with Crippen molar-refractivity contribution in [3.05, 3.63) is 65.0 Å². The molecule has 0 saturated carbocycles. The highest BCUT2D eigenvalue weighted by molar-refractivity contribution is 5.97. The zero-order chi connectivity index (χ0) is 21.0. The SMILES string of the molecule is CC(=O)c1cccc(NC(=O)CN2CCN(C(=O)c3ccc(C)c(F)c3)CC2)c1. The fourth-order valence-corrected chi connectivity index (χ4v) is 3.24. The van der Waals surface area contributed by atoms with Crippen LogP contribution in [0.3, 0.4) is 0 Å². The first-order chi connectivity index (χ1) is 13.8. The van der Waals surface area contributed by atoms with Gasteiger partial charge in [0.05, 0.1) is 6.54 Å². The molecule has 0 unspecified atom stereocenters. The predicted octanol–water partition coefficient (Wildman–Crippen LogP) is 2.73. The fourth-order valence-electron chi connectivity index (χ4n) is 3.24. The minimum atomic E-state index is -0.389. The van der Waals surface area contributed by atoms with E-state index in [-0.39, 0.29) is 30.0 Å². The number of rotatable bonds is 5. The third-order valence-corrected chi connectivity index (χ3v) is 5.00. The van der Waals surface area contributed by atoms with Crippen molar-refractivity contribution in [2.45, 2.75) is 13.8 Å². The van der Waals surface area contributed by atoms with Crippen molar-refractivity contribution in [3.63, 3.8) is 0 Å². The Bertz CT molecular complexity index is 937. The summed E-state index contributed by atoms with van der Waals surface area (Å²) in [5.74, 6) is -0.824. The number of hydrogen-bond acceptors (Lipinski definition) is 4. The quantitative estimate of drug-likeness (QED) is 0.788. The van der Waals surface area contributed by atoms with Gasteiger partial charge in [-0.1, -0.05) is 18.2 Å². The first-order valence-corrected chi connectivity index (χ1v) is 9.52. The first-order valence-electron chi connectivity index (χ1n) is 9.52. The Labute approximate surface area is 169 Å². The van der Waals surface area contributed by atoms with Gasteiger partial charge in [0.1, 0.15) is 5.82 Å². The van der Waals surface area contributed by atoms with E-state index in [0.717, 1.165) is 0 Å². The smallest absolute Gasteiger partial charge is 0.254 e. The summed E-state index contributed by atoms with van der Waals surface area (Å²) in [5.41, 5.74) is 1.97. The molecule has 7 heteroatoms. The average molecular weight is 397 g/mol. The van der Waals surface area contributed by atoms with Crippen molar-refractivity contribution in [2.24, 2.45) is 0 Å². The van der Waals surface area contributed by atoms with E-state index >= 15 is 0 Å². The lowest BCUT2D eigenvalue weighted by molar-refractivity contribution is -0.117. The number of aryl methyl sites for hydroxylation is 1. The molecule has 29 heavy (non-hydrogen) atoms. The second kappa shape index (κ2) is 8.96. The van der Waals surface area contributed by atoms with Crippen molar-refractivity contribution in [1.82, 2.24) is 9.80 Å². The molecule has 1 fully saturated rings. The van der Waals surface area contributed by atoms with Crippen LogP contribution in [0.4, 0.5) is 10.1 Å². The standard InChI is InChI=1S/C22H24FN3O3/c1-15-6-7-18(13-20(15)23)22(29)26-10-8-25(9-11-26)14-21(28)24-19-5-3-4-17(12-19)16(2)27/h3-7,12-13H,8-11,14H2,1-2H3,(H,24,28). The number of piperazine rings is 1. The molecule has 152 valence electrons. The van der Waals surface area contributed by atoms with E-state index in [4.69, 9.17) is 0 Å². The van der Waals surface area contributed by atoms with E-state index in [2.05, 4.69) is 5.32 Å². The molecule has 0 aliphatic carbocycles. The minimum Gasteiger partial charge on any atom is -0.336 e. The van der Waals surface area contributed by atoms with Crippen LogP contribution >= 0.6 is 0 Å². The number of carbonyl (C=O) groups excluding carboxylic acids is 3. The third-order valence-electron chi connectivity index (χ3n) is 5.00. The van der Waals surface area contributed by atoms with Gasteiger partial charge in [0.15, 0.2) is 5.78 Å². The summed E-state index contributed by atoms with van der Waals surface area (Å²) in [7, 11) is 0. The number of benzene rings is 2. The molecular weight excluding hydrogens is 373 g/mol. The van der Waals surface area contributed by atoms with Crippen LogP contribution in [-0.4, -0.2) is 60.1 Å². The Morgan fingerprint density at radius 2 is 1.72 bits per heavy atom. The molecule has 1 saturated heterocycles. The molecule has 1 heterocycles. The molecule has 2 amide bonds. The van der Waals surface area contributed by atoms with Gasteiger partial charge in [0.2, 0.25) is 5.91 Å². The lowest BCUT2D eigenvalue weighted by Crippen LogP contribution is -2.50. The molecule has 1 N–H and O–H groups in total. The molecule has 0 atom stereocenters. The molecule has 1 aliphatic rings. The molecule has 0 radical (unpaired) electrons. The van der Waals surface area contributed by atoms with E-state index in [1.807, 2.05) is 4.90 Å². The van der Waals surface area contributed by atoms with Crippen molar-refractivity contribution < 1.29 is 18.8 Å². The maximum atomic E-state index is 13.7. The highest BCUT2D eigenvalue weighted by Crippen LogP contribution is 2.14. The number of halogens is 1. The third kappa shape index (κ3) is 5.26. The van der Waals surface area contributed by atoms with Crippen LogP contribution in [0.15, 0.2) is 42.5 Å². The van der Waals surface area contributed by atoms with Gasteiger partial charge < -0.3 is 10.2 Å². The van der Waals surface area contributed by atoms with Crippen LogP contribution < -0.4 is 5.32 Å². The highest BCUT2D eigenvalue weighted by Gasteiger charge is 2.23. The van der Waals surface area contributed by atoms with Crippen LogP contribution in [0.5, 0.6) is 0 Å². The van der Waals surface area contributed by atoms with Crippen LogP contribution in [0, 0.1) is 12.7 Å². The Morgan fingerprint density at radius 3 is 2.38 bits per heavy atom. The Balaban J connectivity index is 1.51. The number of anilines is 1. The normalized spacial score (nSPS) is 14.5. The van der Waals surface area contributed by atoms with E-state index in [0.29, 0.717) is 48.6 Å². The van der Waals surface area contributed by atoms with Gasteiger partial charge in [-0.3, -0.25) is 19.3 Å². The van der Waals surface area contributed by atoms with E-state index in [9.17, 15) is 18.8 Å². The molecule has 2 aromatic carbocycles. The second-order valence-corrected chi connectivity index (χ2v) is 7.22. The maximum Gasteiger partial charge on any atom is 0.254 e. The van der Waals surface area contributed by atoms with E-state index < -0.39 is 0 Å². The first kappa shape index (κ1) is 20.7. The highest BCUT2D eigenvalue weighted by atomic mass is 19.1. The van der Waals surface area contributed by atoms with Gasteiger partial charge in [-0.05, 0) is 43.7 Å². The van der Waals surface area contributed by atoms with Crippen LogP contribution in [0.1, 0.15) is 33.2 Å². The Hall–Kier alpha value is -3.06. The average Bonchev–Trinajstić information content (AvgIpc) is 2.70. The molecule has 6 nitrogen and oxygen atoms in total. The number of carbonyl (C=O) groups is 3. The number of nitrogens with one attached hydrogen (secondary N) is 1. The number of hydrogen-bond donors (Lipinski definition) is 1. The van der Waals surface area contributed by atoms with Crippen molar-refractivity contribution in [2.75, 3.05) is 38.0 Å². The van der Waals surface area contributed by atoms with Crippen LogP contribution in [0.2, 0.25) is 0 Å². The summed E-state index contributed by atoms with van der Waals surface area (Å²) >= 11 is 0. The Morgan fingerprint density at radius 1 is 1.00 bits per heavy atom. The molecule has 3 rings (SSSR count). The largest absolute Gasteiger partial charge is 0.336 e. The molecule has 0 bridgehead atoms. The van der Waals surface area contributed by atoms with Crippen molar-refractivity contribution >= 4 is 23.3 Å². The summed E-state index contributed by atoms with van der Waals surface area (Å²) in [6.07, 6.45) is 0. The van der Waals surface area contributed by atoms with Gasteiger partial charge in [-0.2, -0.15) is 0 Å². The van der Waals surface area contributed by atoms with Crippen LogP contribution in [-0.2, 0) is 4.79 Å². The number of nitrogens with zero attached hydrogens (tertiary/aromatic N) is 2. The summed E-state index contributed by atoms with van der Waals surface area (Å²) in [6, 6.07) is 11.3. The second-order valence-electron chi connectivity index (χ2n) is 7.22. The molecule has 2 aromatic rings.